The molecule has 0 atom stereocenters. The topological polar surface area (TPSA) is 72.7 Å². The maximum atomic E-state index is 12.3. The van der Waals surface area contributed by atoms with Crippen molar-refractivity contribution in [3.8, 4) is 11.4 Å². The maximum Gasteiger partial charge on any atom is 0.234 e. The summed E-state index contributed by atoms with van der Waals surface area (Å²) in [6.45, 7) is 6.79. The largest absolute Gasteiger partial charge is 0.325 e. The molecule has 0 bridgehead atoms. The average molecular weight is 367 g/mol. The summed E-state index contributed by atoms with van der Waals surface area (Å²) in [6.07, 6.45) is 3.46. The Morgan fingerprint density at radius 3 is 2.46 bits per heavy atom. The number of hydrogen-bond acceptors (Lipinski definition) is 5. The smallest absolute Gasteiger partial charge is 0.234 e. The first kappa shape index (κ1) is 18.1. The first-order valence-electron chi connectivity index (χ1n) is 8.41. The molecule has 0 saturated heterocycles. The lowest BCUT2D eigenvalue weighted by atomic mass is 10.1. The molecule has 3 rings (SSSR count). The van der Waals surface area contributed by atoms with E-state index < -0.39 is 0 Å². The second-order valence-electron chi connectivity index (χ2n) is 6.00. The Labute approximate surface area is 157 Å². The van der Waals surface area contributed by atoms with Gasteiger partial charge >= 0.3 is 0 Å². The van der Waals surface area contributed by atoms with Crippen LogP contribution in [0, 0.1) is 13.8 Å². The van der Waals surface area contributed by atoms with Crippen LogP contribution in [0.2, 0.25) is 0 Å². The number of amides is 1. The standard InChI is InChI=1S/C19H21N5OS/c1-4-24-18(15-5-7-20-8-6-15)22-23-19(24)26-12-17(25)21-16-10-13(2)9-14(3)11-16/h5-11H,4,12H2,1-3H3,(H,21,25). The van der Waals surface area contributed by atoms with Gasteiger partial charge in [-0.3, -0.25) is 9.78 Å². The van der Waals surface area contributed by atoms with Crippen LogP contribution in [0.4, 0.5) is 5.69 Å². The second-order valence-corrected chi connectivity index (χ2v) is 6.94. The summed E-state index contributed by atoms with van der Waals surface area (Å²) in [7, 11) is 0. The van der Waals surface area contributed by atoms with Crippen molar-refractivity contribution in [1.29, 1.82) is 0 Å². The van der Waals surface area contributed by atoms with Gasteiger partial charge in [0, 0.05) is 30.2 Å². The zero-order chi connectivity index (χ0) is 18.5. The zero-order valence-electron chi connectivity index (χ0n) is 15.1. The summed E-state index contributed by atoms with van der Waals surface area (Å²) in [5.41, 5.74) is 4.03. The Bertz CT molecular complexity index is 887. The van der Waals surface area contributed by atoms with Crippen LogP contribution >= 0.6 is 11.8 Å². The van der Waals surface area contributed by atoms with E-state index in [2.05, 4.69) is 26.6 Å². The van der Waals surface area contributed by atoms with Gasteiger partial charge in [-0.05, 0) is 56.2 Å². The number of nitrogens with one attached hydrogen (secondary N) is 1. The maximum absolute atomic E-state index is 12.3. The summed E-state index contributed by atoms with van der Waals surface area (Å²) in [5.74, 6) is 1.00. The number of aromatic nitrogens is 4. The van der Waals surface area contributed by atoms with Crippen LogP contribution in [0.15, 0.2) is 47.9 Å². The van der Waals surface area contributed by atoms with E-state index in [1.165, 1.54) is 11.8 Å². The quantitative estimate of drug-likeness (QED) is 0.673. The molecule has 0 spiro atoms. The van der Waals surface area contributed by atoms with Gasteiger partial charge in [0.2, 0.25) is 5.91 Å². The number of benzene rings is 1. The molecule has 134 valence electrons. The van der Waals surface area contributed by atoms with Crippen molar-refractivity contribution in [2.75, 3.05) is 11.1 Å². The Morgan fingerprint density at radius 1 is 1.12 bits per heavy atom. The molecule has 7 heteroatoms. The number of hydrogen-bond donors (Lipinski definition) is 1. The van der Waals surface area contributed by atoms with Crippen molar-refractivity contribution in [2.45, 2.75) is 32.5 Å². The minimum Gasteiger partial charge on any atom is -0.325 e. The third-order valence-corrected chi connectivity index (χ3v) is 4.78. The van der Waals surface area contributed by atoms with Crippen molar-refractivity contribution in [3.05, 3.63) is 53.9 Å². The van der Waals surface area contributed by atoms with Gasteiger partial charge in [0.05, 0.1) is 5.75 Å². The fourth-order valence-corrected chi connectivity index (χ4v) is 3.57. The molecule has 0 aliphatic rings. The number of anilines is 1. The van der Waals surface area contributed by atoms with E-state index in [0.717, 1.165) is 39.9 Å². The normalized spacial score (nSPS) is 10.7. The minimum absolute atomic E-state index is 0.0592. The third kappa shape index (κ3) is 4.29. The van der Waals surface area contributed by atoms with E-state index in [0.29, 0.717) is 0 Å². The van der Waals surface area contributed by atoms with Crippen LogP contribution in [0.5, 0.6) is 0 Å². The predicted octanol–water partition coefficient (Wildman–Crippen LogP) is 3.71. The van der Waals surface area contributed by atoms with Gasteiger partial charge in [0.1, 0.15) is 0 Å². The van der Waals surface area contributed by atoms with Gasteiger partial charge in [-0.2, -0.15) is 0 Å². The summed E-state index contributed by atoms with van der Waals surface area (Å²) in [5, 5.41) is 12.2. The fourth-order valence-electron chi connectivity index (χ4n) is 2.77. The first-order chi connectivity index (χ1) is 12.6. The molecule has 1 amide bonds. The molecule has 0 saturated carbocycles. The molecule has 0 unspecified atom stereocenters. The molecule has 1 N–H and O–H groups in total. The number of carbonyl (C=O) groups is 1. The summed E-state index contributed by atoms with van der Waals surface area (Å²) in [4.78, 5) is 16.3. The Balaban J connectivity index is 1.68. The van der Waals surface area contributed by atoms with Gasteiger partial charge in [-0.1, -0.05) is 17.8 Å². The lowest BCUT2D eigenvalue weighted by Crippen LogP contribution is -2.15. The molecular weight excluding hydrogens is 346 g/mol. The SMILES string of the molecule is CCn1c(SCC(=O)Nc2cc(C)cc(C)c2)nnc1-c1ccncc1. The number of carbonyl (C=O) groups excluding carboxylic acids is 1. The van der Waals surface area contributed by atoms with Crippen molar-refractivity contribution in [1.82, 2.24) is 19.7 Å². The lowest BCUT2D eigenvalue weighted by Gasteiger charge is -2.09. The van der Waals surface area contributed by atoms with Crippen molar-refractivity contribution in [2.24, 2.45) is 0 Å². The first-order valence-corrected chi connectivity index (χ1v) is 9.40. The number of rotatable bonds is 6. The zero-order valence-corrected chi connectivity index (χ0v) is 15.9. The van der Waals surface area contributed by atoms with Gasteiger partial charge < -0.3 is 9.88 Å². The summed E-state index contributed by atoms with van der Waals surface area (Å²) in [6, 6.07) is 9.81. The molecule has 2 aromatic heterocycles. The highest BCUT2D eigenvalue weighted by Crippen LogP contribution is 2.23. The number of pyridine rings is 1. The van der Waals surface area contributed by atoms with Crippen molar-refractivity contribution in [3.63, 3.8) is 0 Å². The molecule has 26 heavy (non-hydrogen) atoms. The van der Waals surface area contributed by atoms with E-state index in [1.807, 2.05) is 49.6 Å². The molecule has 2 heterocycles. The van der Waals surface area contributed by atoms with Gasteiger partial charge in [-0.15, -0.1) is 10.2 Å². The highest BCUT2D eigenvalue weighted by Gasteiger charge is 2.14. The van der Waals surface area contributed by atoms with Gasteiger partial charge in [0.15, 0.2) is 11.0 Å². The Kier molecular flexibility index (Phi) is 5.68. The minimum atomic E-state index is -0.0592. The molecule has 6 nitrogen and oxygen atoms in total. The van der Waals surface area contributed by atoms with Crippen LogP contribution < -0.4 is 5.32 Å². The molecule has 3 aromatic rings. The van der Waals surface area contributed by atoms with E-state index in [-0.39, 0.29) is 11.7 Å². The van der Waals surface area contributed by atoms with E-state index in [1.54, 1.807) is 12.4 Å². The Morgan fingerprint density at radius 2 is 1.81 bits per heavy atom. The molecule has 0 aliphatic carbocycles. The van der Waals surface area contributed by atoms with Crippen LogP contribution in [-0.2, 0) is 11.3 Å². The predicted molar refractivity (Wildman–Crippen MR) is 104 cm³/mol. The highest BCUT2D eigenvalue weighted by atomic mass is 32.2. The second kappa shape index (κ2) is 8.14. The van der Waals surface area contributed by atoms with E-state index >= 15 is 0 Å². The third-order valence-electron chi connectivity index (χ3n) is 3.81. The molecule has 0 radical (unpaired) electrons. The summed E-state index contributed by atoms with van der Waals surface area (Å²) >= 11 is 1.38. The van der Waals surface area contributed by atoms with Gasteiger partial charge in [-0.25, -0.2) is 0 Å². The fraction of sp³-hybridized carbons (Fsp3) is 0.263. The average Bonchev–Trinajstić information content (AvgIpc) is 3.02. The van der Waals surface area contributed by atoms with E-state index in [9.17, 15) is 4.79 Å². The number of aryl methyl sites for hydroxylation is 2. The van der Waals surface area contributed by atoms with Crippen LogP contribution in [0.3, 0.4) is 0 Å². The van der Waals surface area contributed by atoms with Crippen LogP contribution in [0.25, 0.3) is 11.4 Å². The van der Waals surface area contributed by atoms with E-state index in [4.69, 9.17) is 0 Å². The van der Waals surface area contributed by atoms with Gasteiger partial charge in [0.25, 0.3) is 0 Å². The molecule has 0 fully saturated rings. The van der Waals surface area contributed by atoms with Crippen molar-refractivity contribution >= 4 is 23.4 Å². The summed E-state index contributed by atoms with van der Waals surface area (Å²) < 4.78 is 2.00. The number of thioether (sulfide) groups is 1. The Hall–Kier alpha value is -2.67. The molecular formula is C19H21N5OS. The highest BCUT2D eigenvalue weighted by molar-refractivity contribution is 7.99. The number of nitrogens with zero attached hydrogens (tertiary/aromatic N) is 4. The monoisotopic (exact) mass is 367 g/mol. The van der Waals surface area contributed by atoms with Crippen LogP contribution in [0.1, 0.15) is 18.1 Å². The lowest BCUT2D eigenvalue weighted by molar-refractivity contribution is -0.113. The molecule has 0 aliphatic heterocycles. The van der Waals surface area contributed by atoms with Crippen molar-refractivity contribution < 1.29 is 4.79 Å². The molecule has 1 aromatic carbocycles. The van der Waals surface area contributed by atoms with Crippen LogP contribution in [-0.4, -0.2) is 31.4 Å².